The maximum absolute atomic E-state index is 13.8. The van der Waals surface area contributed by atoms with Gasteiger partial charge in [0.25, 0.3) is 11.8 Å². The smallest absolute Gasteiger partial charge is 0.275 e. The van der Waals surface area contributed by atoms with E-state index in [9.17, 15) is 28.3 Å². The quantitative estimate of drug-likeness (QED) is 0.751. The van der Waals surface area contributed by atoms with Crippen LogP contribution >= 0.6 is 11.8 Å². The summed E-state index contributed by atoms with van der Waals surface area (Å²) in [6.45, 7) is 4.64. The summed E-state index contributed by atoms with van der Waals surface area (Å²) in [6.07, 6.45) is 1.25. The molecule has 1 aromatic carbocycles. The number of amides is 2. The Morgan fingerprint density at radius 2 is 2.06 bits per heavy atom. The number of fused-ring (bicyclic) bond motifs is 2. The van der Waals surface area contributed by atoms with Crippen molar-refractivity contribution >= 4 is 23.6 Å². The van der Waals surface area contributed by atoms with Gasteiger partial charge in [-0.05, 0) is 11.5 Å². The zero-order valence-corrected chi connectivity index (χ0v) is 17.8. The third-order valence-electron chi connectivity index (χ3n) is 5.38. The molecule has 2 amide bonds. The van der Waals surface area contributed by atoms with Crippen molar-refractivity contribution in [1.82, 2.24) is 14.8 Å². The Hall–Kier alpha value is -2.88. The van der Waals surface area contributed by atoms with Crippen LogP contribution in [0.5, 0.6) is 5.75 Å². The van der Waals surface area contributed by atoms with Gasteiger partial charge in [0, 0.05) is 36.7 Å². The first-order valence-corrected chi connectivity index (χ1v) is 10.7. The average molecular weight is 449 g/mol. The van der Waals surface area contributed by atoms with Gasteiger partial charge in [0.15, 0.2) is 11.4 Å². The Morgan fingerprint density at radius 3 is 2.77 bits per heavy atom. The molecule has 0 radical (unpaired) electrons. The molecule has 0 aliphatic carbocycles. The predicted molar refractivity (Wildman–Crippen MR) is 111 cm³/mol. The van der Waals surface area contributed by atoms with E-state index in [1.165, 1.54) is 16.8 Å². The molecule has 2 N–H and O–H groups in total. The molecule has 4 rings (SSSR count). The zero-order chi connectivity index (χ0) is 22.5. The lowest BCUT2D eigenvalue weighted by molar-refractivity contribution is 0.0578. The number of carbonyl (C=O) groups excluding carboxylic acids is 2. The standard InChI is InChI=1S/C21H21F2N3O4S/c1-21(2)9-26-15(31-10-21)8-25-7-13(17(27)18(28)16(25)20(26)30)19(29)24-6-11-3-4-12(22)5-14(11)23/h3-5,7,15,28H,6,8-10H2,1-2H3,(H,24,29). The summed E-state index contributed by atoms with van der Waals surface area (Å²) >= 11 is 1.61. The fraction of sp³-hybridized carbons (Fsp3) is 0.381. The maximum atomic E-state index is 13.8. The van der Waals surface area contributed by atoms with Crippen molar-refractivity contribution in [3.05, 3.63) is 63.1 Å². The molecule has 1 atom stereocenters. The van der Waals surface area contributed by atoms with Crippen molar-refractivity contribution in [3.63, 3.8) is 0 Å². The first-order valence-electron chi connectivity index (χ1n) is 9.68. The average Bonchev–Trinajstić information content (AvgIpc) is 2.70. The van der Waals surface area contributed by atoms with Crippen LogP contribution < -0.4 is 10.7 Å². The minimum atomic E-state index is -0.973. The number of halogens is 2. The summed E-state index contributed by atoms with van der Waals surface area (Å²) in [7, 11) is 0. The van der Waals surface area contributed by atoms with Crippen LogP contribution in [-0.4, -0.2) is 44.1 Å². The molecule has 1 unspecified atom stereocenters. The molecule has 0 spiro atoms. The lowest BCUT2D eigenvalue weighted by Crippen LogP contribution is -2.54. The third kappa shape index (κ3) is 3.91. The van der Waals surface area contributed by atoms with Crippen LogP contribution in [0.15, 0.2) is 29.2 Å². The molecule has 2 aliphatic rings. The lowest BCUT2D eigenvalue weighted by atomic mass is 9.94. The highest BCUT2D eigenvalue weighted by atomic mass is 32.2. The molecular weight excluding hydrogens is 428 g/mol. The number of rotatable bonds is 3. The normalized spacial score (nSPS) is 19.5. The van der Waals surface area contributed by atoms with E-state index in [1.807, 2.05) is 13.8 Å². The molecular formula is C21H21F2N3O4S. The third-order valence-corrected chi connectivity index (χ3v) is 7.12. The second-order valence-corrected chi connectivity index (χ2v) is 9.67. The van der Waals surface area contributed by atoms with Crippen molar-refractivity contribution in [2.75, 3.05) is 12.3 Å². The van der Waals surface area contributed by atoms with Crippen molar-refractivity contribution in [2.45, 2.75) is 32.3 Å². The van der Waals surface area contributed by atoms with Crippen LogP contribution in [-0.2, 0) is 13.1 Å². The highest BCUT2D eigenvalue weighted by Crippen LogP contribution is 2.38. The summed E-state index contributed by atoms with van der Waals surface area (Å²) in [4.78, 5) is 39.8. The number of carbonyl (C=O) groups is 2. The van der Waals surface area contributed by atoms with Gasteiger partial charge in [-0.15, -0.1) is 11.8 Å². The molecule has 10 heteroatoms. The van der Waals surface area contributed by atoms with Crippen LogP contribution in [0.3, 0.4) is 0 Å². The van der Waals surface area contributed by atoms with Crippen LogP contribution in [0.2, 0.25) is 0 Å². The first kappa shape index (κ1) is 21.4. The summed E-state index contributed by atoms with van der Waals surface area (Å²) in [5, 5.41) is 12.7. The molecule has 0 bridgehead atoms. The number of aromatic nitrogens is 1. The monoisotopic (exact) mass is 449 g/mol. The van der Waals surface area contributed by atoms with Crippen LogP contribution in [0.25, 0.3) is 0 Å². The van der Waals surface area contributed by atoms with E-state index < -0.39 is 34.6 Å². The summed E-state index contributed by atoms with van der Waals surface area (Å²) in [5.74, 6) is -2.78. The van der Waals surface area contributed by atoms with E-state index >= 15 is 0 Å². The molecule has 164 valence electrons. The van der Waals surface area contributed by atoms with E-state index in [4.69, 9.17) is 0 Å². The molecule has 1 fully saturated rings. The summed E-state index contributed by atoms with van der Waals surface area (Å²) in [6, 6.07) is 2.95. The Bertz CT molecular complexity index is 1150. The number of nitrogens with zero attached hydrogens (tertiary/aromatic N) is 2. The van der Waals surface area contributed by atoms with Gasteiger partial charge in [-0.2, -0.15) is 0 Å². The molecule has 1 aromatic heterocycles. The van der Waals surface area contributed by atoms with E-state index in [0.717, 1.165) is 11.8 Å². The fourth-order valence-corrected chi connectivity index (χ4v) is 5.15. The molecule has 2 aromatic rings. The van der Waals surface area contributed by atoms with E-state index in [-0.39, 0.29) is 34.2 Å². The minimum Gasteiger partial charge on any atom is -0.503 e. The largest absolute Gasteiger partial charge is 0.503 e. The SMILES string of the molecule is CC1(C)CSC2Cn3cc(C(=O)NCc4ccc(F)cc4F)c(=O)c(O)c3C(=O)N2C1. The highest BCUT2D eigenvalue weighted by molar-refractivity contribution is 7.99. The number of hydrogen-bond acceptors (Lipinski definition) is 5. The zero-order valence-electron chi connectivity index (χ0n) is 16.9. The fourth-order valence-electron chi connectivity index (χ4n) is 3.79. The van der Waals surface area contributed by atoms with Gasteiger partial charge < -0.3 is 19.9 Å². The second-order valence-electron chi connectivity index (χ2n) is 8.50. The minimum absolute atomic E-state index is 0.0454. The van der Waals surface area contributed by atoms with E-state index in [1.54, 1.807) is 16.7 Å². The van der Waals surface area contributed by atoms with Gasteiger partial charge >= 0.3 is 0 Å². The molecule has 0 saturated carbocycles. The molecule has 3 heterocycles. The Labute approximate surface area is 181 Å². The van der Waals surface area contributed by atoms with Crippen molar-refractivity contribution in [1.29, 1.82) is 0 Å². The van der Waals surface area contributed by atoms with Crippen molar-refractivity contribution < 1.29 is 23.5 Å². The number of hydrogen-bond donors (Lipinski definition) is 2. The molecule has 31 heavy (non-hydrogen) atoms. The van der Waals surface area contributed by atoms with Crippen LogP contribution in [0.4, 0.5) is 8.78 Å². The van der Waals surface area contributed by atoms with Crippen LogP contribution in [0.1, 0.15) is 40.3 Å². The number of aromatic hydroxyl groups is 1. The first-order chi connectivity index (χ1) is 14.6. The van der Waals surface area contributed by atoms with Crippen molar-refractivity contribution in [2.24, 2.45) is 5.41 Å². The topological polar surface area (TPSA) is 91.6 Å². The molecule has 7 nitrogen and oxygen atoms in total. The Morgan fingerprint density at radius 1 is 1.32 bits per heavy atom. The van der Waals surface area contributed by atoms with E-state index in [2.05, 4.69) is 5.32 Å². The van der Waals surface area contributed by atoms with Gasteiger partial charge in [-0.25, -0.2) is 8.78 Å². The van der Waals surface area contributed by atoms with Crippen molar-refractivity contribution in [3.8, 4) is 5.75 Å². The highest BCUT2D eigenvalue weighted by Gasteiger charge is 2.42. The maximum Gasteiger partial charge on any atom is 0.275 e. The van der Waals surface area contributed by atoms with Gasteiger partial charge in [0.1, 0.15) is 17.2 Å². The van der Waals surface area contributed by atoms with Crippen LogP contribution in [0, 0.1) is 17.0 Å². The van der Waals surface area contributed by atoms with Gasteiger partial charge in [0.05, 0.1) is 11.9 Å². The number of thioether (sulfide) groups is 1. The number of pyridine rings is 1. The molecule has 2 aliphatic heterocycles. The Balaban J connectivity index is 1.61. The molecule has 1 saturated heterocycles. The van der Waals surface area contributed by atoms with Gasteiger partial charge in [-0.1, -0.05) is 19.9 Å². The number of nitrogens with one attached hydrogen (secondary N) is 1. The predicted octanol–water partition coefficient (Wildman–Crippen LogP) is 2.32. The Kier molecular flexibility index (Phi) is 5.28. The summed E-state index contributed by atoms with van der Waals surface area (Å²) < 4.78 is 28.2. The number of benzene rings is 1. The second kappa shape index (κ2) is 7.67. The lowest BCUT2D eigenvalue weighted by Gasteiger charge is -2.46. The van der Waals surface area contributed by atoms with Gasteiger partial charge in [-0.3, -0.25) is 14.4 Å². The van der Waals surface area contributed by atoms with E-state index in [0.29, 0.717) is 19.2 Å². The van der Waals surface area contributed by atoms with Gasteiger partial charge in [0.2, 0.25) is 5.43 Å². The summed E-state index contributed by atoms with van der Waals surface area (Å²) in [5.41, 5.74) is -1.51.